The highest BCUT2D eigenvalue weighted by atomic mass is 35.5. The number of thioether (sulfide) groups is 1. The van der Waals surface area contributed by atoms with Gasteiger partial charge in [0.2, 0.25) is 11.8 Å². The molecular weight excluding hydrogens is 582 g/mol. The molecule has 5 rings (SSSR count). The summed E-state index contributed by atoms with van der Waals surface area (Å²) in [5.41, 5.74) is 1.53. The fourth-order valence-corrected chi connectivity index (χ4v) is 10.1. The molecule has 9 heteroatoms. The number of hydrogen-bond donors (Lipinski definition) is 1. The largest absolute Gasteiger partial charge is 0.394 e. The van der Waals surface area contributed by atoms with Crippen molar-refractivity contribution >= 4 is 46.8 Å². The molecular formula is C34H40ClN3O4S. The van der Waals surface area contributed by atoms with E-state index in [1.807, 2.05) is 43.3 Å². The Morgan fingerprint density at radius 3 is 2.42 bits per heavy atom. The molecule has 1 spiro atoms. The number of anilines is 1. The number of likely N-dealkylation sites (tertiary alicyclic amines) is 1. The van der Waals surface area contributed by atoms with E-state index in [4.69, 9.17) is 11.6 Å². The molecule has 3 saturated heterocycles. The van der Waals surface area contributed by atoms with E-state index >= 15 is 0 Å². The van der Waals surface area contributed by atoms with Gasteiger partial charge in [0, 0.05) is 24.9 Å². The van der Waals surface area contributed by atoms with Crippen LogP contribution in [-0.2, 0) is 20.9 Å². The predicted molar refractivity (Wildman–Crippen MR) is 173 cm³/mol. The number of aliphatic hydroxyl groups excluding tert-OH is 1. The number of benzene rings is 2. The molecule has 2 aromatic rings. The van der Waals surface area contributed by atoms with Crippen LogP contribution in [0.25, 0.3) is 0 Å². The lowest BCUT2D eigenvalue weighted by Gasteiger charge is -2.42. The van der Waals surface area contributed by atoms with Crippen LogP contribution in [0.15, 0.2) is 79.9 Å². The van der Waals surface area contributed by atoms with Crippen molar-refractivity contribution < 1.29 is 19.5 Å². The maximum Gasteiger partial charge on any atom is 0.251 e. The van der Waals surface area contributed by atoms with Crippen molar-refractivity contribution in [2.45, 2.75) is 55.3 Å². The van der Waals surface area contributed by atoms with E-state index in [-0.39, 0.29) is 42.0 Å². The number of aliphatic hydroxyl groups is 1. The normalized spacial score (nSPS) is 28.0. The Morgan fingerprint density at radius 2 is 1.79 bits per heavy atom. The van der Waals surface area contributed by atoms with E-state index in [0.717, 1.165) is 12.0 Å². The molecule has 3 heterocycles. The SMILES string of the molecule is C=CCN(Cc1ccccc1)C(=O)[C@@H]1[C@@H]2CC(C)C3(S2)C(C(=O)N(CC=C)c2ccccc2Cl)N([C@@H](CC)CO)C(=O)[C@H]13. The first kappa shape index (κ1) is 31.4. The standard InChI is InChI=1S/C34H40ClN3O4S/c1-5-17-36(20-23-13-9-8-10-14-23)31(40)28-27-19-22(4)34(43-27)29(28)32(41)38(24(7-3)21-39)30(34)33(42)37(18-6-2)26-16-12-11-15-25(26)35/h5-6,8-16,22,24,27-30,39H,1-2,7,17-21H2,3-4H3/t22?,24-,27-,28+,29-,30?,34?/m0/s1. The van der Waals surface area contributed by atoms with Crippen LogP contribution in [0, 0.1) is 17.8 Å². The van der Waals surface area contributed by atoms with E-state index in [1.165, 1.54) is 0 Å². The Kier molecular flexibility index (Phi) is 9.40. The fourth-order valence-electron chi connectivity index (χ4n) is 7.49. The van der Waals surface area contributed by atoms with Crippen LogP contribution in [0.1, 0.15) is 32.3 Å². The number of rotatable bonds is 12. The summed E-state index contributed by atoms with van der Waals surface area (Å²) < 4.78 is -0.824. The number of carbonyl (C=O) groups excluding carboxylic acids is 3. The van der Waals surface area contributed by atoms with Crippen LogP contribution in [0.5, 0.6) is 0 Å². The van der Waals surface area contributed by atoms with E-state index < -0.39 is 28.7 Å². The molecule has 2 bridgehead atoms. The molecule has 3 aliphatic heterocycles. The summed E-state index contributed by atoms with van der Waals surface area (Å²) in [4.78, 5) is 48.9. The lowest BCUT2D eigenvalue weighted by atomic mass is 9.65. The maximum absolute atomic E-state index is 14.8. The van der Waals surface area contributed by atoms with Gasteiger partial charge < -0.3 is 19.8 Å². The molecule has 0 saturated carbocycles. The van der Waals surface area contributed by atoms with Crippen molar-refractivity contribution in [2.75, 3.05) is 24.6 Å². The molecule has 2 aromatic carbocycles. The first-order valence-corrected chi connectivity index (χ1v) is 16.2. The minimum atomic E-state index is -0.872. The number of nitrogens with zero attached hydrogens (tertiary/aromatic N) is 3. The Hall–Kier alpha value is -3.07. The van der Waals surface area contributed by atoms with Crippen molar-refractivity contribution in [2.24, 2.45) is 17.8 Å². The van der Waals surface area contributed by atoms with Crippen LogP contribution >= 0.6 is 23.4 Å². The molecule has 0 aliphatic carbocycles. The lowest BCUT2D eigenvalue weighted by Crippen LogP contribution is -2.59. The molecule has 0 aromatic heterocycles. The van der Waals surface area contributed by atoms with E-state index in [1.54, 1.807) is 56.8 Å². The van der Waals surface area contributed by atoms with Crippen LogP contribution in [0.4, 0.5) is 5.69 Å². The van der Waals surface area contributed by atoms with Crippen LogP contribution in [0.3, 0.4) is 0 Å². The van der Waals surface area contributed by atoms with Gasteiger partial charge in [-0.1, -0.05) is 80.1 Å². The molecule has 43 heavy (non-hydrogen) atoms. The topological polar surface area (TPSA) is 81.2 Å². The molecule has 3 unspecified atom stereocenters. The van der Waals surface area contributed by atoms with Crippen LogP contribution in [0.2, 0.25) is 5.02 Å². The highest BCUT2D eigenvalue weighted by Gasteiger charge is 2.77. The third-order valence-electron chi connectivity index (χ3n) is 9.38. The number of para-hydroxylation sites is 1. The first-order chi connectivity index (χ1) is 20.7. The van der Waals surface area contributed by atoms with Crippen LogP contribution < -0.4 is 4.90 Å². The van der Waals surface area contributed by atoms with Gasteiger partial charge in [-0.2, -0.15) is 0 Å². The van der Waals surface area contributed by atoms with E-state index in [2.05, 4.69) is 20.1 Å². The summed E-state index contributed by atoms with van der Waals surface area (Å²) in [6.45, 7) is 12.4. The highest BCUT2D eigenvalue weighted by Crippen LogP contribution is 2.69. The lowest BCUT2D eigenvalue weighted by molar-refractivity contribution is -0.146. The molecule has 7 atom stereocenters. The second-order valence-electron chi connectivity index (χ2n) is 11.7. The third kappa shape index (κ3) is 5.21. The third-order valence-corrected chi connectivity index (χ3v) is 11.8. The van der Waals surface area contributed by atoms with Crippen molar-refractivity contribution in [1.29, 1.82) is 0 Å². The quantitative estimate of drug-likeness (QED) is 0.330. The molecule has 3 amide bonds. The molecule has 3 fully saturated rings. The minimum Gasteiger partial charge on any atom is -0.394 e. The van der Waals surface area contributed by atoms with Crippen molar-refractivity contribution in [3.63, 3.8) is 0 Å². The summed E-state index contributed by atoms with van der Waals surface area (Å²) in [7, 11) is 0. The maximum atomic E-state index is 14.8. The van der Waals surface area contributed by atoms with Gasteiger partial charge in [-0.15, -0.1) is 24.9 Å². The van der Waals surface area contributed by atoms with E-state index in [9.17, 15) is 19.5 Å². The summed E-state index contributed by atoms with van der Waals surface area (Å²) >= 11 is 8.22. The van der Waals surface area contributed by atoms with Crippen molar-refractivity contribution in [3.8, 4) is 0 Å². The zero-order chi connectivity index (χ0) is 30.9. The van der Waals surface area contributed by atoms with Gasteiger partial charge in [-0.05, 0) is 36.5 Å². The molecule has 1 N–H and O–H groups in total. The summed E-state index contributed by atoms with van der Waals surface area (Å²) in [6, 6.07) is 15.5. The van der Waals surface area contributed by atoms with Crippen molar-refractivity contribution in [3.05, 3.63) is 90.5 Å². The number of amides is 3. The monoisotopic (exact) mass is 621 g/mol. The van der Waals surface area contributed by atoms with Crippen LogP contribution in [-0.4, -0.2) is 74.4 Å². The number of halogens is 1. The summed E-state index contributed by atoms with van der Waals surface area (Å²) in [5, 5.41) is 10.8. The van der Waals surface area contributed by atoms with Gasteiger partial charge in [0.25, 0.3) is 5.91 Å². The van der Waals surface area contributed by atoms with Gasteiger partial charge >= 0.3 is 0 Å². The second kappa shape index (κ2) is 12.9. The van der Waals surface area contributed by atoms with E-state index in [0.29, 0.717) is 30.2 Å². The second-order valence-corrected chi connectivity index (χ2v) is 13.7. The molecule has 7 nitrogen and oxygen atoms in total. The zero-order valence-corrected chi connectivity index (χ0v) is 26.3. The average Bonchev–Trinajstić information content (AvgIpc) is 3.60. The Bertz CT molecular complexity index is 1380. The van der Waals surface area contributed by atoms with Gasteiger partial charge in [-0.3, -0.25) is 14.4 Å². The molecule has 3 aliphatic rings. The molecule has 0 radical (unpaired) electrons. The Balaban J connectivity index is 1.59. The average molecular weight is 622 g/mol. The number of fused-ring (bicyclic) bond motifs is 1. The summed E-state index contributed by atoms with van der Waals surface area (Å²) in [5.74, 6) is -1.86. The molecule has 228 valence electrons. The first-order valence-electron chi connectivity index (χ1n) is 15.0. The predicted octanol–water partition coefficient (Wildman–Crippen LogP) is 5.18. The number of hydrogen-bond acceptors (Lipinski definition) is 5. The fraction of sp³-hybridized carbons (Fsp3) is 0.441. The number of carbonyl (C=O) groups is 3. The highest BCUT2D eigenvalue weighted by molar-refractivity contribution is 8.02. The van der Waals surface area contributed by atoms with Gasteiger partial charge in [0.15, 0.2) is 0 Å². The zero-order valence-electron chi connectivity index (χ0n) is 24.8. The minimum absolute atomic E-state index is 0.00514. The summed E-state index contributed by atoms with van der Waals surface area (Å²) in [6.07, 6.45) is 4.55. The van der Waals surface area contributed by atoms with Gasteiger partial charge in [0.1, 0.15) is 6.04 Å². The Morgan fingerprint density at radius 1 is 1.12 bits per heavy atom. The smallest absolute Gasteiger partial charge is 0.251 e. The van der Waals surface area contributed by atoms with Crippen molar-refractivity contribution in [1.82, 2.24) is 9.80 Å². The van der Waals surface area contributed by atoms with Gasteiger partial charge in [-0.25, -0.2) is 0 Å². The Labute approximate surface area is 263 Å². The van der Waals surface area contributed by atoms with Gasteiger partial charge in [0.05, 0.1) is 39.9 Å².